The maximum absolute atomic E-state index is 9.79. The van der Waals surface area contributed by atoms with E-state index in [0.29, 0.717) is 9.90 Å². The molecule has 1 atom stereocenters. The highest BCUT2D eigenvalue weighted by molar-refractivity contribution is 7.14. The number of rotatable bonds is 2. The normalized spacial score (nSPS) is 13.1. The lowest BCUT2D eigenvalue weighted by Gasteiger charge is -2.01. The van der Waals surface area contributed by atoms with Crippen LogP contribution in [0.25, 0.3) is 0 Å². The second-order valence-corrected chi connectivity index (χ2v) is 4.27. The van der Waals surface area contributed by atoms with E-state index in [0.717, 1.165) is 0 Å². The summed E-state index contributed by atoms with van der Waals surface area (Å²) in [4.78, 5) is 1.30. The first-order valence-electron chi connectivity index (χ1n) is 3.82. The molecule has 0 spiro atoms. The standard InChI is InChI=1S/C7H7ClN4OS/c1-12-10-7(9-11-12)6(13)4-2-5(8)14-3-4/h2-3,6,13H,1H3. The van der Waals surface area contributed by atoms with Crippen LogP contribution in [0.3, 0.4) is 0 Å². The molecule has 0 aliphatic rings. The van der Waals surface area contributed by atoms with Crippen LogP contribution >= 0.6 is 22.9 Å². The van der Waals surface area contributed by atoms with E-state index >= 15 is 0 Å². The molecule has 5 nitrogen and oxygen atoms in total. The van der Waals surface area contributed by atoms with Gasteiger partial charge in [0.15, 0.2) is 0 Å². The van der Waals surface area contributed by atoms with Gasteiger partial charge in [-0.15, -0.1) is 21.5 Å². The predicted octanol–water partition coefficient (Wildman–Crippen LogP) is 1.01. The molecule has 0 fully saturated rings. The van der Waals surface area contributed by atoms with Crippen molar-refractivity contribution >= 4 is 22.9 Å². The zero-order valence-electron chi connectivity index (χ0n) is 7.25. The zero-order chi connectivity index (χ0) is 10.1. The Morgan fingerprint density at radius 2 is 2.43 bits per heavy atom. The lowest BCUT2D eigenvalue weighted by Crippen LogP contribution is -2.01. The van der Waals surface area contributed by atoms with Crippen molar-refractivity contribution in [3.63, 3.8) is 0 Å². The second-order valence-electron chi connectivity index (χ2n) is 2.72. The van der Waals surface area contributed by atoms with E-state index in [4.69, 9.17) is 11.6 Å². The Balaban J connectivity index is 2.28. The summed E-state index contributed by atoms with van der Waals surface area (Å²) in [7, 11) is 1.64. The number of aliphatic hydroxyl groups excluding tert-OH is 1. The fourth-order valence-electron chi connectivity index (χ4n) is 1.02. The summed E-state index contributed by atoms with van der Waals surface area (Å²) in [6.45, 7) is 0. The molecule has 1 unspecified atom stereocenters. The van der Waals surface area contributed by atoms with Gasteiger partial charge in [-0.25, -0.2) is 0 Å². The molecule has 2 heterocycles. The highest BCUT2D eigenvalue weighted by atomic mass is 35.5. The monoisotopic (exact) mass is 230 g/mol. The van der Waals surface area contributed by atoms with Gasteiger partial charge in [-0.3, -0.25) is 0 Å². The van der Waals surface area contributed by atoms with E-state index in [1.165, 1.54) is 16.1 Å². The second kappa shape index (κ2) is 3.64. The summed E-state index contributed by atoms with van der Waals surface area (Å²) in [6, 6.07) is 1.69. The van der Waals surface area contributed by atoms with Crippen molar-refractivity contribution in [2.45, 2.75) is 6.10 Å². The number of aromatic nitrogens is 4. The molecule has 2 aromatic rings. The third-order valence-corrected chi connectivity index (χ3v) is 2.78. The number of tetrazole rings is 1. The van der Waals surface area contributed by atoms with Crippen molar-refractivity contribution in [1.82, 2.24) is 20.2 Å². The summed E-state index contributed by atoms with van der Waals surface area (Å²) < 4.78 is 0.628. The van der Waals surface area contributed by atoms with E-state index in [2.05, 4.69) is 15.4 Å². The molecule has 0 saturated heterocycles. The average Bonchev–Trinajstić information content (AvgIpc) is 2.73. The van der Waals surface area contributed by atoms with Crippen molar-refractivity contribution in [2.75, 3.05) is 0 Å². The minimum absolute atomic E-state index is 0.280. The van der Waals surface area contributed by atoms with Crippen LogP contribution in [-0.2, 0) is 7.05 Å². The minimum Gasteiger partial charge on any atom is -0.380 e. The Bertz CT molecular complexity index is 400. The molecule has 14 heavy (non-hydrogen) atoms. The zero-order valence-corrected chi connectivity index (χ0v) is 8.83. The fraction of sp³-hybridized carbons (Fsp3) is 0.286. The summed E-state index contributed by atoms with van der Waals surface area (Å²) >= 11 is 7.10. The van der Waals surface area contributed by atoms with Gasteiger partial charge in [0.2, 0.25) is 5.82 Å². The van der Waals surface area contributed by atoms with Gasteiger partial charge in [0.05, 0.1) is 11.4 Å². The van der Waals surface area contributed by atoms with Crippen LogP contribution in [-0.4, -0.2) is 25.3 Å². The first kappa shape index (κ1) is 9.57. The number of hydrogen-bond acceptors (Lipinski definition) is 5. The fourth-order valence-corrected chi connectivity index (χ4v) is 1.93. The summed E-state index contributed by atoms with van der Waals surface area (Å²) in [5.74, 6) is 0.280. The van der Waals surface area contributed by atoms with Crippen molar-refractivity contribution in [3.05, 3.63) is 27.2 Å². The molecular weight excluding hydrogens is 224 g/mol. The van der Waals surface area contributed by atoms with E-state index in [1.807, 2.05) is 0 Å². The first-order valence-corrected chi connectivity index (χ1v) is 5.08. The molecular formula is C7H7ClN4OS. The van der Waals surface area contributed by atoms with Gasteiger partial charge >= 0.3 is 0 Å². The highest BCUT2D eigenvalue weighted by Crippen LogP contribution is 2.26. The molecule has 0 aromatic carbocycles. The van der Waals surface area contributed by atoms with Gasteiger partial charge in [-0.2, -0.15) is 4.80 Å². The molecule has 2 aromatic heterocycles. The molecule has 0 radical (unpaired) electrons. The van der Waals surface area contributed by atoms with Crippen molar-refractivity contribution in [3.8, 4) is 0 Å². The Kier molecular flexibility index (Phi) is 2.49. The van der Waals surface area contributed by atoms with Crippen LogP contribution in [0.15, 0.2) is 11.4 Å². The maximum atomic E-state index is 9.79. The van der Waals surface area contributed by atoms with Gasteiger partial charge in [-0.1, -0.05) is 11.6 Å². The van der Waals surface area contributed by atoms with Crippen LogP contribution in [0.2, 0.25) is 4.34 Å². The SMILES string of the molecule is Cn1nnc(C(O)c2csc(Cl)c2)n1. The van der Waals surface area contributed by atoms with Crippen LogP contribution in [0.4, 0.5) is 0 Å². The molecule has 1 N–H and O–H groups in total. The molecule has 74 valence electrons. The van der Waals surface area contributed by atoms with E-state index in [-0.39, 0.29) is 5.82 Å². The predicted molar refractivity (Wildman–Crippen MR) is 52.2 cm³/mol. The largest absolute Gasteiger partial charge is 0.380 e. The number of hydrogen-bond donors (Lipinski definition) is 1. The Labute approximate surface area is 88.9 Å². The Morgan fingerprint density at radius 3 is 2.93 bits per heavy atom. The quantitative estimate of drug-likeness (QED) is 0.836. The topological polar surface area (TPSA) is 63.8 Å². The summed E-state index contributed by atoms with van der Waals surface area (Å²) in [5, 5.41) is 22.8. The molecule has 2 rings (SSSR count). The highest BCUT2D eigenvalue weighted by Gasteiger charge is 2.16. The third kappa shape index (κ3) is 1.77. The minimum atomic E-state index is -0.854. The number of aryl methyl sites for hydroxylation is 1. The lowest BCUT2D eigenvalue weighted by molar-refractivity contribution is 0.210. The number of nitrogens with zero attached hydrogens (tertiary/aromatic N) is 4. The molecule has 0 bridgehead atoms. The summed E-state index contributed by atoms with van der Waals surface area (Å²) in [5.41, 5.74) is 0.688. The van der Waals surface area contributed by atoms with Crippen LogP contribution in [0.5, 0.6) is 0 Å². The van der Waals surface area contributed by atoms with E-state index in [9.17, 15) is 5.11 Å². The van der Waals surface area contributed by atoms with Gasteiger partial charge in [-0.05, 0) is 16.7 Å². The van der Waals surface area contributed by atoms with Crippen LogP contribution < -0.4 is 0 Å². The Hall–Kier alpha value is -0.980. The molecule has 0 aliphatic carbocycles. The molecule has 0 saturated carbocycles. The number of halogens is 1. The van der Waals surface area contributed by atoms with Gasteiger partial charge < -0.3 is 5.11 Å². The maximum Gasteiger partial charge on any atom is 0.207 e. The summed E-state index contributed by atoms with van der Waals surface area (Å²) in [6.07, 6.45) is -0.854. The van der Waals surface area contributed by atoms with E-state index < -0.39 is 6.10 Å². The average molecular weight is 231 g/mol. The Morgan fingerprint density at radius 1 is 1.64 bits per heavy atom. The van der Waals surface area contributed by atoms with Crippen molar-refractivity contribution in [2.24, 2.45) is 7.05 Å². The van der Waals surface area contributed by atoms with Gasteiger partial charge in [0.1, 0.15) is 6.10 Å². The molecule has 7 heteroatoms. The van der Waals surface area contributed by atoms with Gasteiger partial charge in [0, 0.05) is 5.56 Å². The molecule has 0 amide bonds. The lowest BCUT2D eigenvalue weighted by atomic mass is 10.2. The van der Waals surface area contributed by atoms with Crippen molar-refractivity contribution < 1.29 is 5.11 Å². The number of aliphatic hydroxyl groups is 1. The number of thiophene rings is 1. The smallest absolute Gasteiger partial charge is 0.207 e. The van der Waals surface area contributed by atoms with Crippen LogP contribution in [0.1, 0.15) is 17.5 Å². The van der Waals surface area contributed by atoms with E-state index in [1.54, 1.807) is 18.5 Å². The third-order valence-electron chi connectivity index (χ3n) is 1.67. The first-order chi connectivity index (χ1) is 6.66. The van der Waals surface area contributed by atoms with Crippen LogP contribution in [0, 0.1) is 0 Å². The van der Waals surface area contributed by atoms with Gasteiger partial charge in [0.25, 0.3) is 0 Å². The molecule has 0 aliphatic heterocycles. The van der Waals surface area contributed by atoms with Crippen molar-refractivity contribution in [1.29, 1.82) is 0 Å².